The van der Waals surface area contributed by atoms with Gasteiger partial charge in [-0.05, 0) is 26.7 Å². The van der Waals surface area contributed by atoms with Gasteiger partial charge in [-0.1, -0.05) is 0 Å². The fraction of sp³-hybridized carbons (Fsp3) is 0.714. The topological polar surface area (TPSA) is 255 Å². The molecule has 0 aliphatic carbocycles. The Kier molecular flexibility index (Phi) is 20.2. The van der Waals surface area contributed by atoms with Crippen LogP contribution in [0.25, 0.3) is 0 Å². The molecular formula is C35H52N4O18. The lowest BCUT2D eigenvalue weighted by Gasteiger charge is -2.14. The molecule has 0 unspecified atom stereocenters. The first-order valence-corrected chi connectivity index (χ1v) is 18.6. The summed E-state index contributed by atoms with van der Waals surface area (Å²) in [4.78, 5) is 75.5. The van der Waals surface area contributed by atoms with Crippen LogP contribution in [-0.2, 0) is 66.4 Å². The number of nitrogens with one attached hydrogen (secondary N) is 2. The molecule has 4 atom stereocenters. The number of aromatic amines is 2. The van der Waals surface area contributed by atoms with Crippen LogP contribution in [0, 0.1) is 13.8 Å². The van der Waals surface area contributed by atoms with Gasteiger partial charge in [0.1, 0.15) is 19.8 Å². The minimum absolute atomic E-state index is 0.0551. The predicted octanol–water partition coefficient (Wildman–Crippen LogP) is -1.20. The number of carbonyl (C=O) groups excluding carboxylic acids is 2. The summed E-state index contributed by atoms with van der Waals surface area (Å²) in [6.07, 6.45) is 0.813. The van der Waals surface area contributed by atoms with Gasteiger partial charge in [0.25, 0.3) is 11.1 Å². The Bertz CT molecular complexity index is 1630. The molecule has 4 heterocycles. The van der Waals surface area contributed by atoms with E-state index in [-0.39, 0.29) is 39.5 Å². The first-order chi connectivity index (χ1) is 27.6. The van der Waals surface area contributed by atoms with Gasteiger partial charge in [0.2, 0.25) is 0 Å². The molecule has 22 nitrogen and oxygen atoms in total. The molecular weight excluding hydrogens is 764 g/mol. The third-order valence-electron chi connectivity index (χ3n) is 8.10. The Morgan fingerprint density at radius 3 is 1.47 bits per heavy atom. The summed E-state index contributed by atoms with van der Waals surface area (Å²) in [5.74, 6) is -1.02. The Morgan fingerprint density at radius 2 is 1.00 bits per heavy atom. The van der Waals surface area contributed by atoms with E-state index in [9.17, 15) is 28.8 Å². The van der Waals surface area contributed by atoms with Crippen molar-refractivity contribution >= 4 is 11.9 Å². The highest BCUT2D eigenvalue weighted by Gasteiger charge is 2.30. The molecule has 2 N–H and O–H groups in total. The minimum atomic E-state index is -0.853. The third-order valence-corrected chi connectivity index (χ3v) is 8.10. The average Bonchev–Trinajstić information content (AvgIpc) is 3.87. The normalized spacial score (nSPS) is 19.3. The number of ether oxygens (including phenoxy) is 12. The molecule has 2 fully saturated rings. The van der Waals surface area contributed by atoms with Crippen LogP contribution in [0.4, 0.5) is 0 Å². The molecule has 2 aliphatic heterocycles. The number of rotatable bonds is 28. The third kappa shape index (κ3) is 16.7. The molecule has 2 saturated heterocycles. The number of nitrogens with zero attached hydrogens (tertiary/aromatic N) is 2. The molecule has 4 rings (SSSR count). The van der Waals surface area contributed by atoms with E-state index in [1.807, 2.05) is 0 Å². The smallest absolute Gasteiger partial charge is 0.332 e. The summed E-state index contributed by atoms with van der Waals surface area (Å²) in [7, 11) is 0. The van der Waals surface area contributed by atoms with Crippen LogP contribution in [0.5, 0.6) is 0 Å². The molecule has 0 spiro atoms. The zero-order chi connectivity index (χ0) is 40.8. The number of esters is 2. The molecule has 22 heteroatoms. The molecule has 2 aliphatic rings. The van der Waals surface area contributed by atoms with Crippen molar-refractivity contribution in [3.63, 3.8) is 0 Å². The van der Waals surface area contributed by atoms with Crippen LogP contribution >= 0.6 is 0 Å². The summed E-state index contributed by atoms with van der Waals surface area (Å²) in [5.41, 5.74) is -1.46. The highest BCUT2D eigenvalue weighted by Crippen LogP contribution is 2.21. The van der Waals surface area contributed by atoms with Crippen molar-refractivity contribution in [2.75, 3.05) is 106 Å². The van der Waals surface area contributed by atoms with Crippen LogP contribution in [0.1, 0.15) is 42.8 Å². The summed E-state index contributed by atoms with van der Waals surface area (Å²) < 4.78 is 67.4. The molecule has 2 aromatic rings. The first-order valence-electron chi connectivity index (χ1n) is 18.6. The van der Waals surface area contributed by atoms with E-state index in [1.165, 1.54) is 21.5 Å². The van der Waals surface area contributed by atoms with E-state index >= 15 is 0 Å². The summed E-state index contributed by atoms with van der Waals surface area (Å²) in [5, 5.41) is 0. The number of H-pyrrole nitrogens is 2. The molecule has 0 aromatic carbocycles. The number of hydrogen-bond acceptors (Lipinski definition) is 18. The van der Waals surface area contributed by atoms with Crippen molar-refractivity contribution in [1.82, 2.24) is 19.1 Å². The quantitative estimate of drug-likeness (QED) is 0.0756. The molecule has 320 valence electrons. The predicted molar refractivity (Wildman–Crippen MR) is 193 cm³/mol. The van der Waals surface area contributed by atoms with E-state index in [0.29, 0.717) is 96.6 Å². The van der Waals surface area contributed by atoms with Gasteiger partial charge >= 0.3 is 23.3 Å². The Morgan fingerprint density at radius 1 is 0.596 bits per heavy atom. The second-order valence-electron chi connectivity index (χ2n) is 12.6. The fourth-order valence-electron chi connectivity index (χ4n) is 5.11. The summed E-state index contributed by atoms with van der Waals surface area (Å²) in [6, 6.07) is 0. The molecule has 0 saturated carbocycles. The zero-order valence-corrected chi connectivity index (χ0v) is 32.1. The SMILES string of the molecule is Cc1cn([C@H]2CO[C@@H](COC(=O)CCCOCCOCCOCCOCCOCCCOCC(=O)OC[C@@H]3OC[C@H](n4cc(C)c(=O)[nH]c4=O)O3)O2)c(=O)[nH]c1=O. The highest BCUT2D eigenvalue weighted by atomic mass is 16.8. The van der Waals surface area contributed by atoms with Gasteiger partial charge in [-0.2, -0.15) is 0 Å². The molecule has 2 aromatic heterocycles. The van der Waals surface area contributed by atoms with E-state index in [2.05, 4.69) is 9.97 Å². The first kappa shape index (κ1) is 45.6. The van der Waals surface area contributed by atoms with Crippen LogP contribution in [-0.4, -0.2) is 149 Å². The highest BCUT2D eigenvalue weighted by molar-refractivity contribution is 5.70. The van der Waals surface area contributed by atoms with Crippen molar-refractivity contribution in [3.05, 3.63) is 65.2 Å². The Hall–Kier alpha value is -4.10. The maximum absolute atomic E-state index is 12.0. The van der Waals surface area contributed by atoms with E-state index in [0.717, 1.165) is 0 Å². The number of aryl methyl sites for hydroxylation is 2. The van der Waals surface area contributed by atoms with Crippen LogP contribution in [0.2, 0.25) is 0 Å². The lowest BCUT2D eigenvalue weighted by atomic mass is 10.3. The van der Waals surface area contributed by atoms with Gasteiger partial charge in [0.05, 0.1) is 66.1 Å². The van der Waals surface area contributed by atoms with Gasteiger partial charge in [0.15, 0.2) is 25.0 Å². The Balaban J connectivity index is 0.836. The summed E-state index contributed by atoms with van der Waals surface area (Å²) >= 11 is 0. The monoisotopic (exact) mass is 816 g/mol. The standard InChI is InChI=1S/C35H52N4O18/c1-24-17-38(34(44)36-32(24)42)26-19-54-30(56-26)22-52-28(40)5-3-6-46-9-11-48-13-15-50-16-14-49-12-10-47-7-4-8-51-21-29(41)53-23-31-55-20-27(57-31)39-18-25(2)33(43)37-35(39)45/h17-18,26-27,30-31H,3-16,19-23H2,1-2H3,(H,36,42,44)(H,37,43,45)/t26-,27-,30-,31-/m1/s1. The second kappa shape index (κ2) is 25.3. The molecule has 0 radical (unpaired) electrons. The van der Waals surface area contributed by atoms with Crippen LogP contribution < -0.4 is 22.5 Å². The van der Waals surface area contributed by atoms with Crippen molar-refractivity contribution in [3.8, 4) is 0 Å². The lowest BCUT2D eigenvalue weighted by Crippen LogP contribution is -2.34. The van der Waals surface area contributed by atoms with Crippen molar-refractivity contribution < 1.29 is 66.4 Å². The van der Waals surface area contributed by atoms with Crippen LogP contribution in [0.15, 0.2) is 31.6 Å². The van der Waals surface area contributed by atoms with Gasteiger partial charge in [-0.3, -0.25) is 33.5 Å². The Labute approximate surface area is 326 Å². The van der Waals surface area contributed by atoms with Crippen LogP contribution in [0.3, 0.4) is 0 Å². The molecule has 0 bridgehead atoms. The number of carbonyl (C=O) groups is 2. The second-order valence-corrected chi connectivity index (χ2v) is 12.6. The van der Waals surface area contributed by atoms with Gasteiger partial charge in [-0.25, -0.2) is 14.4 Å². The van der Waals surface area contributed by atoms with E-state index in [1.54, 1.807) is 13.8 Å². The maximum atomic E-state index is 12.0. The number of hydrogen-bond donors (Lipinski definition) is 2. The van der Waals surface area contributed by atoms with E-state index in [4.69, 9.17) is 56.8 Å². The van der Waals surface area contributed by atoms with Gasteiger partial charge in [-0.15, -0.1) is 0 Å². The zero-order valence-electron chi connectivity index (χ0n) is 32.1. The van der Waals surface area contributed by atoms with Crippen molar-refractivity contribution in [2.45, 2.75) is 58.1 Å². The van der Waals surface area contributed by atoms with E-state index < -0.39 is 59.5 Å². The molecule has 0 amide bonds. The van der Waals surface area contributed by atoms with Crippen molar-refractivity contribution in [2.24, 2.45) is 0 Å². The largest absolute Gasteiger partial charge is 0.460 e. The maximum Gasteiger partial charge on any atom is 0.332 e. The lowest BCUT2D eigenvalue weighted by molar-refractivity contribution is -0.163. The van der Waals surface area contributed by atoms with Crippen molar-refractivity contribution in [1.29, 1.82) is 0 Å². The fourth-order valence-corrected chi connectivity index (χ4v) is 5.11. The number of aromatic nitrogens is 4. The summed E-state index contributed by atoms with van der Waals surface area (Å²) in [6.45, 7) is 6.96. The average molecular weight is 817 g/mol. The van der Waals surface area contributed by atoms with Gasteiger partial charge in [0, 0.05) is 49.8 Å². The minimum Gasteiger partial charge on any atom is -0.460 e. The molecule has 57 heavy (non-hydrogen) atoms. The van der Waals surface area contributed by atoms with Gasteiger partial charge < -0.3 is 56.8 Å².